The highest BCUT2D eigenvalue weighted by Crippen LogP contribution is 2.26. The van der Waals surface area contributed by atoms with Gasteiger partial charge in [-0.1, -0.05) is 6.42 Å². The van der Waals surface area contributed by atoms with E-state index in [-0.39, 0.29) is 6.54 Å². The molecule has 0 atom stereocenters. The summed E-state index contributed by atoms with van der Waals surface area (Å²) >= 11 is 0. The summed E-state index contributed by atoms with van der Waals surface area (Å²) in [6, 6.07) is 0. The summed E-state index contributed by atoms with van der Waals surface area (Å²) in [5.74, 6) is 0.0335. The first-order valence-electron chi connectivity index (χ1n) is 4.09. The number of rotatable bonds is 4. The zero-order valence-electron chi connectivity index (χ0n) is 6.92. The van der Waals surface area contributed by atoms with E-state index in [1.165, 1.54) is 19.3 Å². The van der Waals surface area contributed by atoms with Gasteiger partial charge in [-0.05, 0) is 25.8 Å². The van der Waals surface area contributed by atoms with E-state index in [4.69, 9.17) is 5.11 Å². The molecule has 1 aliphatic rings. The molecule has 0 radical (unpaired) electrons. The fourth-order valence-electron chi connectivity index (χ4n) is 1.41. The zero-order chi connectivity index (χ0) is 8.27. The van der Waals surface area contributed by atoms with Crippen LogP contribution in [-0.4, -0.2) is 36.1 Å². The van der Waals surface area contributed by atoms with Gasteiger partial charge in [0.15, 0.2) is 0 Å². The Hall–Kier alpha value is -0.570. The summed E-state index contributed by atoms with van der Waals surface area (Å²) in [5, 5.41) is 8.45. The third-order valence-electron chi connectivity index (χ3n) is 2.20. The van der Waals surface area contributed by atoms with Crippen molar-refractivity contribution in [3.05, 3.63) is 0 Å². The molecule has 0 aliphatic heterocycles. The van der Waals surface area contributed by atoms with Gasteiger partial charge in [-0.2, -0.15) is 0 Å². The molecule has 3 heteroatoms. The highest BCUT2D eigenvalue weighted by molar-refractivity contribution is 5.68. The first-order valence-corrected chi connectivity index (χ1v) is 4.09. The normalized spacial score (nSPS) is 18.4. The summed E-state index contributed by atoms with van der Waals surface area (Å²) < 4.78 is 0. The van der Waals surface area contributed by atoms with Crippen LogP contribution in [-0.2, 0) is 4.79 Å². The Kier molecular flexibility index (Phi) is 2.88. The Labute approximate surface area is 67.0 Å². The highest BCUT2D eigenvalue weighted by Gasteiger charge is 2.19. The van der Waals surface area contributed by atoms with Crippen LogP contribution in [0.2, 0.25) is 0 Å². The van der Waals surface area contributed by atoms with Gasteiger partial charge >= 0.3 is 5.97 Å². The summed E-state index contributed by atoms with van der Waals surface area (Å²) in [6.45, 7) is 1.13. The fraction of sp³-hybridized carbons (Fsp3) is 0.875. The van der Waals surface area contributed by atoms with Crippen molar-refractivity contribution in [2.24, 2.45) is 5.92 Å². The van der Waals surface area contributed by atoms with Crippen molar-refractivity contribution < 1.29 is 9.90 Å². The lowest BCUT2D eigenvalue weighted by molar-refractivity contribution is -0.138. The SMILES string of the molecule is CN(CC(=O)O)CC1CCC1. The maximum absolute atomic E-state index is 10.3. The van der Waals surface area contributed by atoms with Crippen LogP contribution in [0.4, 0.5) is 0 Å². The number of likely N-dealkylation sites (N-methyl/N-ethyl adjacent to an activating group) is 1. The van der Waals surface area contributed by atoms with Crippen LogP contribution in [0.3, 0.4) is 0 Å². The van der Waals surface area contributed by atoms with Crippen molar-refractivity contribution in [3.63, 3.8) is 0 Å². The lowest BCUT2D eigenvalue weighted by Gasteiger charge is -2.29. The van der Waals surface area contributed by atoms with Gasteiger partial charge in [-0.3, -0.25) is 9.69 Å². The molecule has 0 heterocycles. The van der Waals surface area contributed by atoms with Gasteiger partial charge in [0.2, 0.25) is 0 Å². The fourth-order valence-corrected chi connectivity index (χ4v) is 1.41. The smallest absolute Gasteiger partial charge is 0.317 e. The molecule has 11 heavy (non-hydrogen) atoms. The van der Waals surface area contributed by atoms with Crippen LogP contribution in [0.5, 0.6) is 0 Å². The molecule has 0 aromatic rings. The quantitative estimate of drug-likeness (QED) is 0.656. The van der Waals surface area contributed by atoms with Crippen molar-refractivity contribution in [1.29, 1.82) is 0 Å². The predicted octanol–water partition coefficient (Wildman–Crippen LogP) is 0.803. The summed E-state index contributed by atoms with van der Waals surface area (Å²) in [7, 11) is 1.87. The van der Waals surface area contributed by atoms with Crippen LogP contribution in [0.15, 0.2) is 0 Å². The average molecular weight is 157 g/mol. The van der Waals surface area contributed by atoms with Crippen molar-refractivity contribution in [3.8, 4) is 0 Å². The molecule has 1 N–H and O–H groups in total. The van der Waals surface area contributed by atoms with Gasteiger partial charge in [-0.25, -0.2) is 0 Å². The molecule has 1 rings (SSSR count). The van der Waals surface area contributed by atoms with Crippen LogP contribution in [0, 0.1) is 5.92 Å². The molecule has 0 bridgehead atoms. The van der Waals surface area contributed by atoms with Crippen molar-refractivity contribution >= 4 is 5.97 Å². The zero-order valence-corrected chi connectivity index (χ0v) is 6.92. The van der Waals surface area contributed by atoms with Crippen molar-refractivity contribution in [2.75, 3.05) is 20.1 Å². The number of hydrogen-bond donors (Lipinski definition) is 1. The molecular formula is C8H15NO2. The molecule has 64 valence electrons. The summed E-state index contributed by atoms with van der Waals surface area (Å²) in [5.41, 5.74) is 0. The van der Waals surface area contributed by atoms with Gasteiger partial charge in [-0.15, -0.1) is 0 Å². The van der Waals surface area contributed by atoms with E-state index in [0.717, 1.165) is 12.5 Å². The van der Waals surface area contributed by atoms with E-state index in [2.05, 4.69) is 0 Å². The van der Waals surface area contributed by atoms with Gasteiger partial charge in [0, 0.05) is 6.54 Å². The number of carbonyl (C=O) groups is 1. The van der Waals surface area contributed by atoms with Gasteiger partial charge in [0.25, 0.3) is 0 Å². The molecule has 1 saturated carbocycles. The van der Waals surface area contributed by atoms with Gasteiger partial charge < -0.3 is 5.11 Å². The number of nitrogens with zero attached hydrogens (tertiary/aromatic N) is 1. The van der Waals surface area contributed by atoms with Crippen molar-refractivity contribution in [2.45, 2.75) is 19.3 Å². The first kappa shape index (κ1) is 8.53. The number of hydrogen-bond acceptors (Lipinski definition) is 2. The summed E-state index contributed by atoms with van der Waals surface area (Å²) in [4.78, 5) is 12.1. The maximum atomic E-state index is 10.3. The lowest BCUT2D eigenvalue weighted by Crippen LogP contribution is -2.33. The van der Waals surface area contributed by atoms with E-state index >= 15 is 0 Å². The van der Waals surface area contributed by atoms with E-state index in [0.29, 0.717) is 0 Å². The second-order valence-electron chi connectivity index (χ2n) is 3.39. The Morgan fingerprint density at radius 3 is 2.64 bits per heavy atom. The molecule has 0 saturated heterocycles. The predicted molar refractivity (Wildman–Crippen MR) is 42.5 cm³/mol. The highest BCUT2D eigenvalue weighted by atomic mass is 16.4. The van der Waals surface area contributed by atoms with E-state index in [1.54, 1.807) is 0 Å². The average Bonchev–Trinajstić information content (AvgIpc) is 1.77. The van der Waals surface area contributed by atoms with Crippen LogP contribution in [0.25, 0.3) is 0 Å². The minimum Gasteiger partial charge on any atom is -0.480 e. The molecule has 0 unspecified atom stereocenters. The minimum absolute atomic E-state index is 0.177. The van der Waals surface area contributed by atoms with Gasteiger partial charge in [0.1, 0.15) is 0 Å². The Morgan fingerprint density at radius 2 is 2.27 bits per heavy atom. The third-order valence-corrected chi connectivity index (χ3v) is 2.20. The third kappa shape index (κ3) is 2.89. The topological polar surface area (TPSA) is 40.5 Å². The van der Waals surface area contributed by atoms with E-state index in [1.807, 2.05) is 11.9 Å². The monoisotopic (exact) mass is 157 g/mol. The molecule has 3 nitrogen and oxygen atoms in total. The Bertz CT molecular complexity index is 143. The van der Waals surface area contributed by atoms with Crippen LogP contribution < -0.4 is 0 Å². The molecule has 0 aromatic carbocycles. The Morgan fingerprint density at radius 1 is 1.64 bits per heavy atom. The van der Waals surface area contributed by atoms with Crippen LogP contribution >= 0.6 is 0 Å². The molecule has 0 aromatic heterocycles. The first-order chi connectivity index (χ1) is 5.18. The van der Waals surface area contributed by atoms with E-state index in [9.17, 15) is 4.79 Å². The number of aliphatic carboxylic acids is 1. The molecule has 1 aliphatic carbocycles. The number of carboxylic acids is 1. The Balaban J connectivity index is 2.09. The standard InChI is InChI=1S/C8H15NO2/c1-9(6-8(10)11)5-7-3-2-4-7/h7H,2-6H2,1H3,(H,10,11). The second kappa shape index (κ2) is 3.72. The summed E-state index contributed by atoms with van der Waals surface area (Å²) in [6.07, 6.45) is 3.89. The molecule has 1 fully saturated rings. The van der Waals surface area contributed by atoms with E-state index < -0.39 is 5.97 Å². The second-order valence-corrected chi connectivity index (χ2v) is 3.39. The molecule has 0 spiro atoms. The lowest BCUT2D eigenvalue weighted by atomic mass is 9.85. The van der Waals surface area contributed by atoms with Crippen molar-refractivity contribution in [1.82, 2.24) is 4.90 Å². The molecular weight excluding hydrogens is 142 g/mol. The van der Waals surface area contributed by atoms with Gasteiger partial charge in [0.05, 0.1) is 6.54 Å². The maximum Gasteiger partial charge on any atom is 0.317 e. The largest absolute Gasteiger partial charge is 0.480 e. The van der Waals surface area contributed by atoms with Crippen LogP contribution in [0.1, 0.15) is 19.3 Å². The molecule has 0 amide bonds. The number of carboxylic acid groups (broad SMARTS) is 1. The minimum atomic E-state index is -0.730.